The number of aliphatic hydroxyl groups is 2. The van der Waals surface area contributed by atoms with Gasteiger partial charge < -0.3 is 20.3 Å². The van der Waals surface area contributed by atoms with Gasteiger partial charge >= 0.3 is 5.97 Å². The zero-order chi connectivity index (χ0) is 27.1. The number of benzene rings is 1. The number of carbonyl (C=O) groups excluding carboxylic acids is 3. The van der Waals surface area contributed by atoms with Crippen LogP contribution < -0.4 is 5.32 Å². The molecule has 0 radical (unpaired) electrons. The number of rotatable bonds is 3. The van der Waals surface area contributed by atoms with E-state index in [1.807, 2.05) is 50.3 Å². The molecule has 200 valence electrons. The lowest BCUT2D eigenvalue weighted by molar-refractivity contribution is -0.169. The second-order valence-corrected chi connectivity index (χ2v) is 11.6. The van der Waals surface area contributed by atoms with Crippen LogP contribution in [0.3, 0.4) is 0 Å². The number of nitrogens with one attached hydrogen (secondary N) is 1. The molecule has 2 aliphatic carbocycles. The zero-order valence-corrected chi connectivity index (χ0v) is 22.1. The summed E-state index contributed by atoms with van der Waals surface area (Å²) in [5, 5.41) is 25.9. The van der Waals surface area contributed by atoms with E-state index in [0.29, 0.717) is 24.8 Å². The normalized spacial score (nSPS) is 40.3. The highest BCUT2D eigenvalue weighted by atomic mass is 16.6. The third-order valence-electron chi connectivity index (χ3n) is 8.80. The van der Waals surface area contributed by atoms with Gasteiger partial charge in [0.2, 0.25) is 5.91 Å². The number of allylic oxidation sites excluding steroid dienone is 1. The first-order chi connectivity index (χ1) is 17.4. The van der Waals surface area contributed by atoms with E-state index < -0.39 is 52.7 Å². The Kier molecular flexibility index (Phi) is 7.50. The number of carbonyl (C=O) groups is 3. The Morgan fingerprint density at radius 2 is 1.89 bits per heavy atom. The number of aliphatic hydroxyl groups excluding tert-OH is 1. The third kappa shape index (κ3) is 4.79. The highest BCUT2D eigenvalue weighted by molar-refractivity contribution is 6.09. The van der Waals surface area contributed by atoms with Crippen LogP contribution in [0.2, 0.25) is 0 Å². The maximum absolute atomic E-state index is 14.4. The van der Waals surface area contributed by atoms with E-state index in [9.17, 15) is 24.6 Å². The number of esters is 1. The fourth-order valence-electron chi connectivity index (χ4n) is 7.05. The van der Waals surface area contributed by atoms with Crippen LogP contribution in [0.5, 0.6) is 0 Å². The average Bonchev–Trinajstić information content (AvgIpc) is 3.10. The Labute approximate surface area is 219 Å². The van der Waals surface area contributed by atoms with Gasteiger partial charge in [-0.3, -0.25) is 14.4 Å². The van der Waals surface area contributed by atoms with E-state index in [4.69, 9.17) is 4.74 Å². The molecule has 0 bridgehead atoms. The van der Waals surface area contributed by atoms with Crippen LogP contribution >= 0.6 is 0 Å². The van der Waals surface area contributed by atoms with Crippen molar-refractivity contribution in [3.05, 3.63) is 60.2 Å². The lowest BCUT2D eigenvalue weighted by Crippen LogP contribution is -2.59. The van der Waals surface area contributed by atoms with Crippen molar-refractivity contribution < 1.29 is 29.3 Å². The molecule has 7 heteroatoms. The molecule has 0 aromatic heterocycles. The number of hydrogen-bond donors (Lipinski definition) is 3. The van der Waals surface area contributed by atoms with Crippen LogP contribution in [-0.2, 0) is 25.5 Å². The second kappa shape index (κ2) is 10.2. The van der Waals surface area contributed by atoms with Crippen molar-refractivity contribution in [2.24, 2.45) is 29.1 Å². The first-order valence-corrected chi connectivity index (χ1v) is 13.2. The van der Waals surface area contributed by atoms with E-state index in [-0.39, 0.29) is 24.3 Å². The Morgan fingerprint density at radius 1 is 1.22 bits per heavy atom. The van der Waals surface area contributed by atoms with E-state index in [1.54, 1.807) is 13.0 Å². The summed E-state index contributed by atoms with van der Waals surface area (Å²) in [6.45, 7) is 10.9. The van der Waals surface area contributed by atoms with Crippen molar-refractivity contribution in [1.82, 2.24) is 5.32 Å². The number of hydrogen-bond acceptors (Lipinski definition) is 6. The Bertz CT molecular complexity index is 1090. The zero-order valence-electron chi connectivity index (χ0n) is 22.1. The number of Topliss-reactive ketones (excluding diaryl/α,β-unsaturated/α-hetero) is 1. The molecule has 2 fully saturated rings. The smallest absolute Gasteiger partial charge is 0.303 e. The van der Waals surface area contributed by atoms with Gasteiger partial charge in [-0.15, -0.1) is 0 Å². The summed E-state index contributed by atoms with van der Waals surface area (Å²) in [4.78, 5) is 40.4. The first-order valence-electron chi connectivity index (χ1n) is 13.2. The molecule has 1 saturated carbocycles. The van der Waals surface area contributed by atoms with Crippen LogP contribution in [-0.4, -0.2) is 51.7 Å². The maximum Gasteiger partial charge on any atom is 0.303 e. The minimum atomic E-state index is -1.59. The standard InChI is InChI=1S/C30H39NO6/c1-17-10-9-13-22-27(34)19(3)18(2)26-23(14-21-11-7-6-8-12-21)31-28(35)30(22,26)24(33)15-25(37-20(4)32)29(5,36)16-17/h6-9,11-13,17-18,22-23,25-27,34,36H,3,10,14-16H2,1-2,4-5H3,(H,31,35)/t17-,18-,22-,23-,25+,26-,27+,29-,30+/m0/s1. The van der Waals surface area contributed by atoms with Crippen LogP contribution in [0.1, 0.15) is 52.5 Å². The molecule has 9 atom stereocenters. The van der Waals surface area contributed by atoms with E-state index in [0.717, 1.165) is 5.56 Å². The average molecular weight is 510 g/mol. The minimum absolute atomic E-state index is 0.00958. The van der Waals surface area contributed by atoms with Gasteiger partial charge in [0.25, 0.3) is 0 Å². The summed E-state index contributed by atoms with van der Waals surface area (Å²) in [5.74, 6) is -3.07. The number of ketones is 1. The first kappa shape index (κ1) is 27.3. The Balaban J connectivity index is 1.86. The molecular formula is C30H39NO6. The summed E-state index contributed by atoms with van der Waals surface area (Å²) in [5.41, 5.74) is -1.43. The van der Waals surface area contributed by atoms with Gasteiger partial charge in [-0.1, -0.05) is 62.9 Å². The van der Waals surface area contributed by atoms with Crippen molar-refractivity contribution in [2.45, 2.75) is 77.2 Å². The largest absolute Gasteiger partial charge is 0.459 e. The second-order valence-electron chi connectivity index (χ2n) is 11.6. The predicted octanol–water partition coefficient (Wildman–Crippen LogP) is 3.14. The molecule has 0 unspecified atom stereocenters. The van der Waals surface area contributed by atoms with Gasteiger partial charge in [0.15, 0.2) is 5.78 Å². The Hall–Kier alpha value is -2.77. The van der Waals surface area contributed by atoms with E-state index in [2.05, 4.69) is 11.9 Å². The lowest BCUT2D eigenvalue weighted by atomic mass is 9.51. The highest BCUT2D eigenvalue weighted by Crippen LogP contribution is 2.57. The molecule has 1 heterocycles. The van der Waals surface area contributed by atoms with Crippen LogP contribution in [0.4, 0.5) is 0 Å². The molecule has 37 heavy (non-hydrogen) atoms. The number of amides is 1. The molecule has 1 spiro atoms. The molecule has 3 N–H and O–H groups in total. The predicted molar refractivity (Wildman–Crippen MR) is 139 cm³/mol. The maximum atomic E-state index is 14.4. The van der Waals surface area contributed by atoms with Crippen molar-refractivity contribution in [3.63, 3.8) is 0 Å². The molecule has 1 aromatic carbocycles. The molecule has 4 rings (SSSR count). The van der Waals surface area contributed by atoms with Gasteiger partial charge in [-0.2, -0.15) is 0 Å². The lowest BCUT2D eigenvalue weighted by Gasteiger charge is -2.49. The van der Waals surface area contributed by atoms with E-state index in [1.165, 1.54) is 6.92 Å². The molecule has 1 saturated heterocycles. The molecular weight excluding hydrogens is 470 g/mol. The molecule has 3 aliphatic rings. The van der Waals surface area contributed by atoms with Gasteiger partial charge in [0.05, 0.1) is 11.7 Å². The third-order valence-corrected chi connectivity index (χ3v) is 8.80. The van der Waals surface area contributed by atoms with Gasteiger partial charge in [-0.25, -0.2) is 0 Å². The van der Waals surface area contributed by atoms with Gasteiger partial charge in [0, 0.05) is 31.2 Å². The van der Waals surface area contributed by atoms with Crippen molar-refractivity contribution >= 4 is 17.7 Å². The van der Waals surface area contributed by atoms with Crippen LogP contribution in [0, 0.1) is 29.1 Å². The van der Waals surface area contributed by atoms with Crippen LogP contribution in [0.25, 0.3) is 0 Å². The highest BCUT2D eigenvalue weighted by Gasteiger charge is 2.68. The fraction of sp³-hybridized carbons (Fsp3) is 0.567. The minimum Gasteiger partial charge on any atom is -0.459 e. The summed E-state index contributed by atoms with van der Waals surface area (Å²) in [6.07, 6.45) is 2.57. The van der Waals surface area contributed by atoms with Crippen molar-refractivity contribution in [2.75, 3.05) is 0 Å². The van der Waals surface area contributed by atoms with Gasteiger partial charge in [-0.05, 0) is 49.2 Å². The quantitative estimate of drug-likeness (QED) is 0.328. The van der Waals surface area contributed by atoms with Gasteiger partial charge in [0.1, 0.15) is 11.5 Å². The summed E-state index contributed by atoms with van der Waals surface area (Å²) >= 11 is 0. The molecule has 1 amide bonds. The summed E-state index contributed by atoms with van der Waals surface area (Å²) in [7, 11) is 0. The molecule has 1 aromatic rings. The summed E-state index contributed by atoms with van der Waals surface area (Å²) < 4.78 is 5.51. The van der Waals surface area contributed by atoms with Crippen LogP contribution in [0.15, 0.2) is 54.6 Å². The van der Waals surface area contributed by atoms with Crippen molar-refractivity contribution in [1.29, 1.82) is 0 Å². The SMILES string of the molecule is C=C1[C@@H](O)[C@@H]2C=CC[C@H](C)C[C@](C)(O)[C@H](OC(C)=O)CC(=O)[C@]23C(=O)N[C@@H](Cc2ccccc2)[C@@H]3[C@H]1C. The fourth-order valence-corrected chi connectivity index (χ4v) is 7.05. The molecule has 1 aliphatic heterocycles. The van der Waals surface area contributed by atoms with Crippen molar-refractivity contribution in [3.8, 4) is 0 Å². The monoisotopic (exact) mass is 509 g/mol. The van der Waals surface area contributed by atoms with E-state index >= 15 is 0 Å². The summed E-state index contributed by atoms with van der Waals surface area (Å²) in [6, 6.07) is 9.42. The Morgan fingerprint density at radius 3 is 2.54 bits per heavy atom. The molecule has 7 nitrogen and oxygen atoms in total. The topological polar surface area (TPSA) is 113 Å². The number of ether oxygens (including phenoxy) is 1.